The summed E-state index contributed by atoms with van der Waals surface area (Å²) < 4.78 is 10.8. The zero-order chi connectivity index (χ0) is 28.2. The summed E-state index contributed by atoms with van der Waals surface area (Å²) in [6.45, 7) is 4.05. The van der Waals surface area contributed by atoms with Crippen molar-refractivity contribution in [2.24, 2.45) is 0 Å². The molecule has 0 spiro atoms. The lowest BCUT2D eigenvalue weighted by Crippen LogP contribution is -2.19. The highest BCUT2D eigenvalue weighted by molar-refractivity contribution is 5.95. The van der Waals surface area contributed by atoms with Gasteiger partial charge in [-0.05, 0) is 77.9 Å². The number of aromatic carboxylic acids is 2. The van der Waals surface area contributed by atoms with E-state index in [0.29, 0.717) is 11.5 Å². The van der Waals surface area contributed by atoms with Crippen LogP contribution in [0.2, 0.25) is 0 Å². The minimum Gasteiger partial charge on any atom is -0.478 e. The zero-order valence-electron chi connectivity index (χ0n) is 21.1. The summed E-state index contributed by atoms with van der Waals surface area (Å²) in [5.41, 5.74) is 1.90. The predicted molar refractivity (Wildman–Crippen MR) is 142 cm³/mol. The first-order valence-electron chi connectivity index (χ1n) is 11.9. The first kappa shape index (κ1) is 26.8. The first-order valence-corrected chi connectivity index (χ1v) is 11.9. The molecule has 0 aromatic heterocycles. The van der Waals surface area contributed by atoms with Crippen molar-refractivity contribution >= 4 is 23.9 Å². The van der Waals surface area contributed by atoms with Gasteiger partial charge in [0.25, 0.3) is 0 Å². The van der Waals surface area contributed by atoms with Crippen molar-refractivity contribution in [3.05, 3.63) is 130 Å². The molecule has 2 N–H and O–H groups in total. The Morgan fingerprint density at radius 3 is 1.41 bits per heavy atom. The Hall–Kier alpha value is -5.24. The van der Waals surface area contributed by atoms with Gasteiger partial charge in [0, 0.05) is 5.41 Å². The normalized spacial score (nSPS) is 10.9. The van der Waals surface area contributed by atoms with Crippen molar-refractivity contribution in [2.45, 2.75) is 19.3 Å². The number of carbonyl (C=O) groups excluding carboxylic acids is 2. The van der Waals surface area contributed by atoms with E-state index in [1.54, 1.807) is 24.3 Å². The summed E-state index contributed by atoms with van der Waals surface area (Å²) in [7, 11) is 0. The molecule has 196 valence electrons. The minimum atomic E-state index is -1.13. The fourth-order valence-corrected chi connectivity index (χ4v) is 3.91. The monoisotopic (exact) mass is 524 g/mol. The van der Waals surface area contributed by atoms with E-state index >= 15 is 0 Å². The van der Waals surface area contributed by atoms with Crippen molar-refractivity contribution in [1.82, 2.24) is 0 Å². The van der Waals surface area contributed by atoms with E-state index in [4.69, 9.17) is 19.7 Å². The molecular weight excluding hydrogens is 500 g/mol. The largest absolute Gasteiger partial charge is 0.478 e. The van der Waals surface area contributed by atoms with E-state index in [0.717, 1.165) is 11.1 Å². The Morgan fingerprint density at radius 1 is 0.538 bits per heavy atom. The van der Waals surface area contributed by atoms with Crippen LogP contribution in [-0.4, -0.2) is 34.1 Å². The molecule has 0 saturated heterocycles. The maximum atomic E-state index is 12.5. The average molecular weight is 525 g/mol. The second kappa shape index (κ2) is 11.0. The van der Waals surface area contributed by atoms with Crippen LogP contribution in [0.15, 0.2) is 97.1 Å². The second-order valence-electron chi connectivity index (χ2n) is 9.22. The zero-order valence-corrected chi connectivity index (χ0v) is 21.1. The molecule has 8 nitrogen and oxygen atoms in total. The number of carboxylic acids is 2. The Labute approximate surface area is 224 Å². The lowest BCUT2D eigenvalue weighted by molar-refractivity contribution is 0.0685. The lowest BCUT2D eigenvalue weighted by atomic mass is 9.78. The first-order chi connectivity index (χ1) is 18.5. The number of ether oxygens (including phenoxy) is 2. The maximum absolute atomic E-state index is 12.5. The highest BCUT2D eigenvalue weighted by atomic mass is 16.5. The summed E-state index contributed by atoms with van der Waals surface area (Å²) in [5.74, 6) is -2.80. The summed E-state index contributed by atoms with van der Waals surface area (Å²) in [4.78, 5) is 47.0. The number of hydrogen-bond donors (Lipinski definition) is 2. The number of carbonyl (C=O) groups is 4. The fourth-order valence-electron chi connectivity index (χ4n) is 3.91. The van der Waals surface area contributed by atoms with Gasteiger partial charge in [-0.1, -0.05) is 44.2 Å². The van der Waals surface area contributed by atoms with Gasteiger partial charge in [-0.3, -0.25) is 0 Å². The molecule has 0 saturated carbocycles. The predicted octanol–water partition coefficient (Wildman–Crippen LogP) is 5.85. The van der Waals surface area contributed by atoms with Gasteiger partial charge < -0.3 is 19.7 Å². The topological polar surface area (TPSA) is 127 Å². The van der Waals surface area contributed by atoms with Gasteiger partial charge in [0.15, 0.2) is 0 Å². The molecule has 4 aromatic rings. The molecule has 39 heavy (non-hydrogen) atoms. The third-order valence-electron chi connectivity index (χ3n) is 6.29. The van der Waals surface area contributed by atoms with Crippen LogP contribution in [0.5, 0.6) is 11.5 Å². The van der Waals surface area contributed by atoms with E-state index in [1.807, 2.05) is 38.1 Å². The number of esters is 2. The van der Waals surface area contributed by atoms with Gasteiger partial charge >= 0.3 is 23.9 Å². The lowest BCUT2D eigenvalue weighted by Gasteiger charge is -2.26. The van der Waals surface area contributed by atoms with Gasteiger partial charge in [-0.2, -0.15) is 0 Å². The van der Waals surface area contributed by atoms with E-state index in [9.17, 15) is 19.2 Å². The van der Waals surface area contributed by atoms with Crippen molar-refractivity contribution in [2.75, 3.05) is 0 Å². The van der Waals surface area contributed by atoms with Crippen LogP contribution < -0.4 is 9.47 Å². The standard InChI is InChI=1S/C31H24O8/c1-31(2,23-10-14-25(15-11-23)38-29(36)20-8-6-19(7-9-20)27(32)33)24-12-16-26(17-13-24)39-30(37)22-5-3-4-21(18-22)28(34)35/h3-18H,1-2H3,(H,32,33)(H,34,35). The van der Waals surface area contributed by atoms with Gasteiger partial charge in [-0.25, -0.2) is 19.2 Å². The van der Waals surface area contributed by atoms with E-state index in [2.05, 4.69) is 0 Å². The summed E-state index contributed by atoms with van der Waals surface area (Å²) in [6, 6.07) is 25.2. The second-order valence-corrected chi connectivity index (χ2v) is 9.22. The Kier molecular flexibility index (Phi) is 7.58. The molecule has 4 rings (SSSR count). The molecule has 0 aliphatic rings. The van der Waals surface area contributed by atoms with E-state index in [-0.39, 0.29) is 22.3 Å². The van der Waals surface area contributed by atoms with E-state index < -0.39 is 29.3 Å². The summed E-state index contributed by atoms with van der Waals surface area (Å²) in [6.07, 6.45) is 0. The average Bonchev–Trinajstić information content (AvgIpc) is 2.93. The van der Waals surface area contributed by atoms with Crippen molar-refractivity contribution < 1.29 is 38.9 Å². The molecule has 0 amide bonds. The van der Waals surface area contributed by atoms with Crippen LogP contribution in [0.25, 0.3) is 0 Å². The molecule has 0 unspecified atom stereocenters. The molecule has 0 bridgehead atoms. The quantitative estimate of drug-likeness (QED) is 0.217. The van der Waals surface area contributed by atoms with Crippen LogP contribution in [-0.2, 0) is 5.41 Å². The van der Waals surface area contributed by atoms with Crippen LogP contribution in [0.3, 0.4) is 0 Å². The molecule has 0 fully saturated rings. The van der Waals surface area contributed by atoms with Crippen molar-refractivity contribution in [1.29, 1.82) is 0 Å². The number of benzene rings is 4. The molecule has 0 aliphatic carbocycles. The van der Waals surface area contributed by atoms with Gasteiger partial charge in [0.2, 0.25) is 0 Å². The highest BCUT2D eigenvalue weighted by Crippen LogP contribution is 2.33. The molecule has 0 heterocycles. The van der Waals surface area contributed by atoms with Crippen LogP contribution in [0, 0.1) is 0 Å². The SMILES string of the molecule is CC(C)(c1ccc(OC(=O)c2ccc(C(=O)O)cc2)cc1)c1ccc(OC(=O)c2cccc(C(=O)O)c2)cc1. The Bertz CT molecular complexity index is 1530. The van der Waals surface area contributed by atoms with Gasteiger partial charge in [-0.15, -0.1) is 0 Å². The third-order valence-corrected chi connectivity index (χ3v) is 6.29. The molecule has 0 aliphatic heterocycles. The van der Waals surface area contributed by atoms with Crippen LogP contribution in [0.1, 0.15) is 66.4 Å². The fraction of sp³-hybridized carbons (Fsp3) is 0.0968. The summed E-state index contributed by atoms with van der Waals surface area (Å²) >= 11 is 0. The molecular formula is C31H24O8. The molecule has 0 atom stereocenters. The van der Waals surface area contributed by atoms with Crippen LogP contribution >= 0.6 is 0 Å². The third kappa shape index (κ3) is 6.19. The summed E-state index contributed by atoms with van der Waals surface area (Å²) in [5, 5.41) is 18.1. The molecule has 4 aromatic carbocycles. The molecule has 0 radical (unpaired) electrons. The smallest absolute Gasteiger partial charge is 0.343 e. The van der Waals surface area contributed by atoms with Gasteiger partial charge in [0.1, 0.15) is 11.5 Å². The number of rotatable bonds is 8. The maximum Gasteiger partial charge on any atom is 0.343 e. The minimum absolute atomic E-state index is 0.00303. The molecule has 8 heteroatoms. The Morgan fingerprint density at radius 2 is 0.949 bits per heavy atom. The van der Waals surface area contributed by atoms with Gasteiger partial charge in [0.05, 0.1) is 22.3 Å². The highest BCUT2D eigenvalue weighted by Gasteiger charge is 2.24. The number of carboxylic acid groups (broad SMARTS) is 2. The number of hydrogen-bond acceptors (Lipinski definition) is 6. The van der Waals surface area contributed by atoms with Crippen LogP contribution in [0.4, 0.5) is 0 Å². The Balaban J connectivity index is 1.42. The van der Waals surface area contributed by atoms with E-state index in [1.165, 1.54) is 48.5 Å². The van der Waals surface area contributed by atoms with Crippen molar-refractivity contribution in [3.63, 3.8) is 0 Å². The van der Waals surface area contributed by atoms with Crippen molar-refractivity contribution in [3.8, 4) is 11.5 Å².